The van der Waals surface area contributed by atoms with E-state index in [0.717, 1.165) is 60.7 Å². The highest BCUT2D eigenvalue weighted by atomic mass is 79.9. The number of hydrogen-bond donors (Lipinski definition) is 1. The van der Waals surface area contributed by atoms with Crippen molar-refractivity contribution in [3.8, 4) is 23.9 Å². The Morgan fingerprint density at radius 1 is 0.661 bits per heavy atom. The number of Topliss-reactive ketones (excluding diaryl/α,β-unsaturated/α-hetero) is 2. The molecule has 0 radical (unpaired) electrons. The minimum Gasteiger partial charge on any atom is -0.382 e. The van der Waals surface area contributed by atoms with Gasteiger partial charge in [-0.25, -0.2) is 4.68 Å². The standard InChI is InChI=1S/C18H10ClF3N4O.C12H7F3N2O.C9H6BrF3O/c19-12-5-7-13(8-6-12)26-17(24)14(9-23)15(25-26)16(27)10-1-3-11(4-2-10)18(20,21)22;13-12(14,15)10-3-1-9(2-4-10)11(18)5-8(6-16)7-17;10-5-8(14)6-1-3-7(4-2-6)9(11,12)13/h1-8H,24H2;1-4,8H,5H2;1-4H,5H2. The van der Waals surface area contributed by atoms with E-state index in [1.165, 1.54) is 16.8 Å². The summed E-state index contributed by atoms with van der Waals surface area (Å²) in [4.78, 5) is 35.2. The van der Waals surface area contributed by atoms with Crippen molar-refractivity contribution >= 4 is 50.7 Å². The highest BCUT2D eigenvalue weighted by molar-refractivity contribution is 9.09. The highest BCUT2D eigenvalue weighted by Gasteiger charge is 2.32. The number of nitriles is 3. The largest absolute Gasteiger partial charge is 0.416 e. The number of alkyl halides is 10. The first-order chi connectivity index (χ1) is 27.5. The molecule has 0 aliphatic heterocycles. The Labute approximate surface area is 341 Å². The minimum atomic E-state index is -4.51. The van der Waals surface area contributed by atoms with Gasteiger partial charge in [-0.15, -0.1) is 0 Å². The molecule has 0 spiro atoms. The van der Waals surface area contributed by atoms with Gasteiger partial charge >= 0.3 is 18.5 Å². The summed E-state index contributed by atoms with van der Waals surface area (Å²) < 4.78 is 112. The molecule has 1 aromatic heterocycles. The molecule has 2 N–H and O–H groups in total. The smallest absolute Gasteiger partial charge is 0.382 e. The minimum absolute atomic E-state index is 0.0414. The lowest BCUT2D eigenvalue weighted by Gasteiger charge is -2.07. The molecule has 0 aliphatic rings. The third-order valence-corrected chi connectivity index (χ3v) is 8.45. The number of nitrogens with zero attached hydrogens (tertiary/aromatic N) is 5. The van der Waals surface area contributed by atoms with Gasteiger partial charge in [-0.05, 0) is 60.7 Å². The van der Waals surface area contributed by atoms with Crippen molar-refractivity contribution in [1.29, 1.82) is 15.8 Å². The summed E-state index contributed by atoms with van der Waals surface area (Å²) in [5.41, 5.74) is 3.80. The van der Waals surface area contributed by atoms with Gasteiger partial charge in [0.15, 0.2) is 17.3 Å². The number of benzene rings is 4. The second-order valence-corrected chi connectivity index (χ2v) is 12.7. The topological polar surface area (TPSA) is 166 Å². The molecule has 0 atom stereocenters. The van der Waals surface area contributed by atoms with E-state index in [4.69, 9.17) is 27.9 Å². The molecule has 0 saturated carbocycles. The van der Waals surface area contributed by atoms with Crippen LogP contribution >= 0.6 is 27.5 Å². The van der Waals surface area contributed by atoms with Crippen LogP contribution in [0.15, 0.2) is 97.1 Å². The summed E-state index contributed by atoms with van der Waals surface area (Å²) in [5.74, 6) is -2.62. The number of nitrogens with two attached hydrogens (primary N) is 1. The molecular weight excluding hydrogens is 887 g/mol. The van der Waals surface area contributed by atoms with E-state index < -0.39 is 52.7 Å². The molecule has 0 bridgehead atoms. The van der Waals surface area contributed by atoms with Gasteiger partial charge in [-0.1, -0.05) is 63.9 Å². The number of rotatable bonds is 8. The number of ketones is 3. The first-order valence-electron chi connectivity index (χ1n) is 16.1. The fourth-order valence-corrected chi connectivity index (χ4v) is 5.07. The van der Waals surface area contributed by atoms with Crippen molar-refractivity contribution in [2.24, 2.45) is 5.92 Å². The molecule has 1 heterocycles. The molecule has 5 aromatic rings. The van der Waals surface area contributed by atoms with Crippen molar-refractivity contribution in [3.05, 3.63) is 147 Å². The second kappa shape index (κ2) is 19.8. The summed E-state index contributed by atoms with van der Waals surface area (Å²) in [6.07, 6.45) is -13.6. The second-order valence-electron chi connectivity index (χ2n) is 11.7. The molecule has 59 heavy (non-hydrogen) atoms. The lowest BCUT2D eigenvalue weighted by Crippen LogP contribution is -2.08. The summed E-state index contributed by atoms with van der Waals surface area (Å²) >= 11 is 8.77. The average molecular weight is 910 g/mol. The van der Waals surface area contributed by atoms with Gasteiger partial charge < -0.3 is 5.73 Å². The predicted molar refractivity (Wildman–Crippen MR) is 197 cm³/mol. The van der Waals surface area contributed by atoms with Crippen molar-refractivity contribution in [2.45, 2.75) is 24.9 Å². The van der Waals surface area contributed by atoms with E-state index in [9.17, 15) is 59.2 Å². The van der Waals surface area contributed by atoms with Crippen LogP contribution in [0.3, 0.4) is 0 Å². The van der Waals surface area contributed by atoms with Gasteiger partial charge in [0.05, 0.1) is 39.8 Å². The first kappa shape index (κ1) is 46.9. The number of carbonyl (C=O) groups excluding carboxylic acids is 3. The number of nitrogen functional groups attached to an aromatic ring is 1. The molecule has 0 aliphatic carbocycles. The predicted octanol–water partition coefficient (Wildman–Crippen LogP) is 10.5. The van der Waals surface area contributed by atoms with Gasteiger partial charge in [0.2, 0.25) is 5.78 Å². The Balaban J connectivity index is 0.000000253. The van der Waals surface area contributed by atoms with Gasteiger partial charge in [-0.3, -0.25) is 14.4 Å². The van der Waals surface area contributed by atoms with Crippen LogP contribution in [0.2, 0.25) is 5.02 Å². The molecule has 4 aromatic carbocycles. The number of anilines is 1. The molecule has 0 fully saturated rings. The summed E-state index contributed by atoms with van der Waals surface area (Å²) in [5, 5.41) is 31.0. The summed E-state index contributed by atoms with van der Waals surface area (Å²) in [6.45, 7) is 0. The lowest BCUT2D eigenvalue weighted by atomic mass is 9.99. The Hall–Kier alpha value is -6.49. The van der Waals surface area contributed by atoms with Crippen molar-refractivity contribution in [3.63, 3.8) is 0 Å². The monoisotopic (exact) mass is 908 g/mol. The number of hydrogen-bond acceptors (Lipinski definition) is 8. The van der Waals surface area contributed by atoms with Gasteiger partial charge in [-0.2, -0.15) is 60.4 Å². The molecule has 20 heteroatoms. The Kier molecular flexibility index (Phi) is 15.7. The first-order valence-corrected chi connectivity index (χ1v) is 17.6. The van der Waals surface area contributed by atoms with Crippen LogP contribution in [0.4, 0.5) is 45.3 Å². The number of aromatic nitrogens is 2. The maximum Gasteiger partial charge on any atom is 0.416 e. The van der Waals surface area contributed by atoms with Crippen molar-refractivity contribution in [1.82, 2.24) is 9.78 Å². The lowest BCUT2D eigenvalue weighted by molar-refractivity contribution is -0.138. The Morgan fingerprint density at radius 3 is 1.41 bits per heavy atom. The average Bonchev–Trinajstić information content (AvgIpc) is 3.54. The van der Waals surface area contributed by atoms with Gasteiger partial charge in [0.25, 0.3) is 0 Å². The van der Waals surface area contributed by atoms with Crippen LogP contribution in [-0.4, -0.2) is 32.5 Å². The molecule has 0 unspecified atom stereocenters. The van der Waals surface area contributed by atoms with Crippen LogP contribution < -0.4 is 5.73 Å². The van der Waals surface area contributed by atoms with Crippen LogP contribution in [-0.2, 0) is 18.5 Å². The molecule has 0 saturated heterocycles. The number of halogens is 11. The Bertz CT molecular complexity index is 2400. The zero-order valence-corrected chi connectivity index (χ0v) is 31.8. The summed E-state index contributed by atoms with van der Waals surface area (Å²) in [7, 11) is 0. The molecule has 9 nitrogen and oxygen atoms in total. The Morgan fingerprint density at radius 2 is 1.05 bits per heavy atom. The normalized spacial score (nSPS) is 11.1. The summed E-state index contributed by atoms with van der Waals surface area (Å²) in [6, 6.07) is 22.9. The van der Waals surface area contributed by atoms with Gasteiger partial charge in [0, 0.05) is 28.1 Å². The fourth-order valence-electron chi connectivity index (χ4n) is 4.62. The maximum atomic E-state index is 12.7. The van der Waals surface area contributed by atoms with Crippen molar-refractivity contribution < 1.29 is 53.9 Å². The van der Waals surface area contributed by atoms with E-state index in [1.54, 1.807) is 36.4 Å². The quantitative estimate of drug-likeness (QED) is 0.0912. The maximum absolute atomic E-state index is 12.7. The van der Waals surface area contributed by atoms with Crippen LogP contribution in [0.1, 0.15) is 65.4 Å². The molecule has 5 rings (SSSR count). The third kappa shape index (κ3) is 12.8. The van der Waals surface area contributed by atoms with E-state index >= 15 is 0 Å². The van der Waals surface area contributed by atoms with Crippen LogP contribution in [0.5, 0.6) is 0 Å². The zero-order valence-electron chi connectivity index (χ0n) is 29.4. The van der Waals surface area contributed by atoms with E-state index in [1.807, 2.05) is 6.07 Å². The molecule has 0 amide bonds. The highest BCUT2D eigenvalue weighted by Crippen LogP contribution is 2.32. The van der Waals surface area contributed by atoms with E-state index in [-0.39, 0.29) is 51.3 Å². The van der Waals surface area contributed by atoms with Crippen LogP contribution in [0, 0.1) is 39.9 Å². The molecule has 304 valence electrons. The third-order valence-electron chi connectivity index (χ3n) is 7.68. The fraction of sp³-hybridized carbons (Fsp3) is 0.154. The van der Waals surface area contributed by atoms with E-state index in [2.05, 4.69) is 21.0 Å². The zero-order chi connectivity index (χ0) is 44.3. The number of carbonyl (C=O) groups is 3. The van der Waals surface area contributed by atoms with E-state index in [0.29, 0.717) is 10.7 Å². The molecular formula is C39H23BrClF9N6O3. The SMILES string of the molecule is N#CC(C#N)CC(=O)c1ccc(C(F)(F)F)cc1.N#Cc1c(C(=O)c2ccc(C(F)(F)F)cc2)nn(-c2ccc(Cl)cc2)c1N.O=C(CBr)c1ccc(C(F)(F)F)cc1. The van der Waals surface area contributed by atoms with Gasteiger partial charge in [0.1, 0.15) is 23.4 Å². The van der Waals surface area contributed by atoms with Crippen LogP contribution in [0.25, 0.3) is 5.69 Å². The van der Waals surface area contributed by atoms with Crippen molar-refractivity contribution in [2.75, 3.05) is 11.1 Å².